The van der Waals surface area contributed by atoms with E-state index in [0.717, 1.165) is 100 Å². The Balaban J connectivity index is 1.68. The summed E-state index contributed by atoms with van der Waals surface area (Å²) in [6, 6.07) is 26.5. The lowest BCUT2D eigenvalue weighted by Gasteiger charge is -2.28. The molecule has 1 aliphatic carbocycles. The van der Waals surface area contributed by atoms with Gasteiger partial charge in [-0.15, -0.1) is 0 Å². The van der Waals surface area contributed by atoms with Crippen molar-refractivity contribution in [3.63, 3.8) is 0 Å². The number of phenols is 1. The SMILES string of the molecule is COc1c2cc(C(C)(C)C)cc1Cc1cc(C(C)(C)C)cc(c1OCC(N)=O)Cc1cc(C(C)(C)C)cc(c1OC)Cc1cc(C(C)(C)C)cc(c1OCC(N)=O)Cc1cc(C(C)(C)C)cc(c1OC)Cc1cc(C(C)(C)C)cc(c1O)C2. The third-order valence-corrected chi connectivity index (χ3v) is 16.3. The van der Waals surface area contributed by atoms with Gasteiger partial charge in [-0.2, -0.15) is 0 Å². The third kappa shape index (κ3) is 14.7. The number of benzene rings is 6. The summed E-state index contributed by atoms with van der Waals surface area (Å²) in [6.45, 7) is 39.1. The average molecular weight is 1130 g/mol. The van der Waals surface area contributed by atoms with Crippen LogP contribution in [0.15, 0.2) is 72.8 Å². The Bertz CT molecular complexity index is 3230. The monoisotopic (exact) mass is 1130 g/mol. The van der Waals surface area contributed by atoms with E-state index in [-0.39, 0.29) is 51.5 Å². The summed E-state index contributed by atoms with van der Waals surface area (Å²) in [5.41, 5.74) is 27.4. The number of ether oxygens (including phenoxy) is 5. The van der Waals surface area contributed by atoms with Gasteiger partial charge in [0.15, 0.2) is 13.2 Å². The van der Waals surface area contributed by atoms with Gasteiger partial charge in [-0.05, 0) is 133 Å². The van der Waals surface area contributed by atoms with E-state index in [1.807, 2.05) is 0 Å². The molecule has 6 aromatic rings. The number of rotatable bonds is 9. The van der Waals surface area contributed by atoms with Gasteiger partial charge in [0.25, 0.3) is 11.8 Å². The van der Waals surface area contributed by atoms with E-state index < -0.39 is 11.8 Å². The minimum Gasteiger partial charge on any atom is -0.507 e. The quantitative estimate of drug-likeness (QED) is 0.129. The molecule has 0 radical (unpaired) electrons. The molecule has 1 aliphatic rings. The molecule has 0 heterocycles. The zero-order valence-corrected chi connectivity index (χ0v) is 54.0. The van der Waals surface area contributed by atoms with Crippen LogP contribution < -0.4 is 35.2 Å². The topological polar surface area (TPSA) is 153 Å². The molecule has 0 saturated carbocycles. The van der Waals surface area contributed by atoms with Crippen LogP contribution in [0.4, 0.5) is 0 Å². The lowest BCUT2D eigenvalue weighted by Crippen LogP contribution is -2.22. The molecular formula is C73H96N2O8. The van der Waals surface area contributed by atoms with Gasteiger partial charge in [0.2, 0.25) is 0 Å². The van der Waals surface area contributed by atoms with E-state index in [9.17, 15) is 14.7 Å². The van der Waals surface area contributed by atoms with Crippen molar-refractivity contribution < 1.29 is 38.4 Å². The summed E-state index contributed by atoms with van der Waals surface area (Å²) in [7, 11) is 5.16. The van der Waals surface area contributed by atoms with Crippen molar-refractivity contribution in [2.45, 2.75) is 196 Å². The highest BCUT2D eigenvalue weighted by atomic mass is 16.5. The van der Waals surface area contributed by atoms with Crippen LogP contribution in [0.1, 0.15) is 225 Å². The maximum atomic E-state index is 12.9. The first-order valence-electron chi connectivity index (χ1n) is 29.4. The van der Waals surface area contributed by atoms with Crippen LogP contribution in [-0.2, 0) is 80.6 Å². The number of carbonyl (C=O) groups excluding carboxylic acids is 2. The minimum atomic E-state index is -0.589. The number of phenolic OH excluding ortho intramolecular Hbond substituents is 1. The number of fused-ring (bicyclic) bond motifs is 12. The first-order chi connectivity index (χ1) is 38.3. The summed E-state index contributed by atoms with van der Waals surface area (Å²) in [5.74, 6) is 2.30. The molecule has 6 aromatic carbocycles. The smallest absolute Gasteiger partial charge is 0.255 e. The van der Waals surface area contributed by atoms with E-state index in [1.165, 1.54) is 0 Å². The summed E-state index contributed by atoms with van der Waals surface area (Å²) in [6.07, 6.45) is 2.29. The second kappa shape index (κ2) is 23.6. The van der Waals surface area contributed by atoms with Gasteiger partial charge in [-0.25, -0.2) is 0 Å². The lowest BCUT2D eigenvalue weighted by molar-refractivity contribution is -0.120. The van der Waals surface area contributed by atoms with Gasteiger partial charge < -0.3 is 40.3 Å². The number of primary amides is 2. The maximum Gasteiger partial charge on any atom is 0.255 e. The molecule has 12 bridgehead atoms. The van der Waals surface area contributed by atoms with Crippen LogP contribution in [0.5, 0.6) is 34.5 Å². The number of carbonyl (C=O) groups is 2. The van der Waals surface area contributed by atoms with Gasteiger partial charge in [0.05, 0.1) is 21.3 Å². The van der Waals surface area contributed by atoms with E-state index in [1.54, 1.807) is 21.3 Å². The second-order valence-electron chi connectivity index (χ2n) is 29.4. The number of nitrogens with two attached hydrogens (primary N) is 2. The van der Waals surface area contributed by atoms with E-state index in [4.69, 9.17) is 35.2 Å². The normalized spacial score (nSPS) is 13.7. The van der Waals surface area contributed by atoms with Crippen LogP contribution in [0.2, 0.25) is 0 Å². The van der Waals surface area contributed by atoms with Gasteiger partial charge in [0, 0.05) is 38.5 Å². The molecule has 446 valence electrons. The molecule has 0 aromatic heterocycles. The van der Waals surface area contributed by atoms with Gasteiger partial charge in [0.1, 0.15) is 34.5 Å². The maximum absolute atomic E-state index is 12.9. The summed E-state index contributed by atoms with van der Waals surface area (Å²) in [5, 5.41) is 12.9. The van der Waals surface area contributed by atoms with E-state index in [2.05, 4.69) is 197 Å². The zero-order valence-electron chi connectivity index (χ0n) is 54.0. The van der Waals surface area contributed by atoms with Crippen molar-refractivity contribution in [1.29, 1.82) is 0 Å². The summed E-state index contributed by atoms with van der Waals surface area (Å²) < 4.78 is 33.1. The molecule has 0 unspecified atom stereocenters. The van der Waals surface area contributed by atoms with Crippen LogP contribution >= 0.6 is 0 Å². The van der Waals surface area contributed by atoms with Crippen molar-refractivity contribution in [2.75, 3.05) is 34.5 Å². The van der Waals surface area contributed by atoms with Crippen LogP contribution in [0, 0.1) is 0 Å². The van der Waals surface area contributed by atoms with Crippen molar-refractivity contribution in [3.05, 3.63) is 173 Å². The molecule has 2 amide bonds. The van der Waals surface area contributed by atoms with Crippen molar-refractivity contribution in [1.82, 2.24) is 0 Å². The Labute approximate surface area is 497 Å². The predicted octanol–water partition coefficient (Wildman–Crippen LogP) is 14.8. The van der Waals surface area contributed by atoms with Gasteiger partial charge in [-0.3, -0.25) is 9.59 Å². The minimum absolute atomic E-state index is 0.213. The first kappa shape index (κ1) is 63.6. The highest BCUT2D eigenvalue weighted by Crippen LogP contribution is 2.46. The molecule has 0 spiro atoms. The Morgan fingerprint density at radius 3 is 0.639 bits per heavy atom. The molecular weight excluding hydrogens is 1030 g/mol. The van der Waals surface area contributed by atoms with E-state index in [0.29, 0.717) is 67.3 Å². The molecule has 10 nitrogen and oxygen atoms in total. The predicted molar refractivity (Wildman–Crippen MR) is 338 cm³/mol. The van der Waals surface area contributed by atoms with Crippen LogP contribution in [0.25, 0.3) is 0 Å². The number of hydrogen-bond acceptors (Lipinski definition) is 8. The molecule has 5 N–H and O–H groups in total. The molecule has 0 aliphatic heterocycles. The number of aromatic hydroxyl groups is 1. The van der Waals surface area contributed by atoms with Crippen molar-refractivity contribution in [2.24, 2.45) is 11.5 Å². The fraction of sp³-hybridized carbons (Fsp3) is 0.479. The fourth-order valence-electron chi connectivity index (χ4n) is 11.4. The molecule has 0 atom stereocenters. The van der Waals surface area contributed by atoms with Gasteiger partial charge in [-0.1, -0.05) is 197 Å². The number of amides is 2. The fourth-order valence-corrected chi connectivity index (χ4v) is 11.4. The van der Waals surface area contributed by atoms with Crippen LogP contribution in [0.3, 0.4) is 0 Å². The molecule has 83 heavy (non-hydrogen) atoms. The highest BCUT2D eigenvalue weighted by Gasteiger charge is 2.31. The number of hydrogen-bond donors (Lipinski definition) is 3. The lowest BCUT2D eigenvalue weighted by atomic mass is 9.79. The van der Waals surface area contributed by atoms with Crippen LogP contribution in [-0.4, -0.2) is 51.5 Å². The largest absolute Gasteiger partial charge is 0.507 e. The molecule has 10 heteroatoms. The Hall–Kier alpha value is -6.94. The average Bonchev–Trinajstić information content (AvgIpc) is 2.15. The second-order valence-corrected chi connectivity index (χ2v) is 29.4. The number of methoxy groups -OCH3 is 3. The molecule has 7 rings (SSSR count). The molecule has 0 fully saturated rings. The highest BCUT2D eigenvalue weighted by molar-refractivity contribution is 5.76. The first-order valence-corrected chi connectivity index (χ1v) is 29.4. The standard InChI is InChI=1S/C73H96N2O8/c1-68(2,3)54-28-42-22-44-30-55(69(4,5)6)32-46(63(44)79-19)24-50-36-58(72(13,14)15)38-52(66(50)82-40-60(74)76)26-48-34-57(71(10,11)12)35-49(65(48)81-21)27-53-39-59(73(16,17)18)37-51(67(53)83-41-61(75)77)25-47-33-56(70(7,8)9)31-45(64(47)80-20)23-43(29-54)62(42)78/h28-39,78H,22-27,40-41H2,1-21H3,(H2,74,76)(H2,75,77). The van der Waals surface area contributed by atoms with E-state index >= 15 is 0 Å². The third-order valence-electron chi connectivity index (χ3n) is 16.3. The Morgan fingerprint density at radius 1 is 0.325 bits per heavy atom. The molecule has 0 saturated heterocycles. The van der Waals surface area contributed by atoms with Gasteiger partial charge >= 0.3 is 0 Å². The Kier molecular flexibility index (Phi) is 18.1. The van der Waals surface area contributed by atoms with Crippen molar-refractivity contribution >= 4 is 11.8 Å². The Morgan fingerprint density at radius 2 is 0.482 bits per heavy atom. The summed E-state index contributed by atoms with van der Waals surface area (Å²) in [4.78, 5) is 25.7. The zero-order chi connectivity index (χ0) is 61.7. The van der Waals surface area contributed by atoms with Crippen molar-refractivity contribution in [3.8, 4) is 34.5 Å². The summed E-state index contributed by atoms with van der Waals surface area (Å²) >= 11 is 0.